The number of aromatic nitrogens is 3. The third-order valence-corrected chi connectivity index (χ3v) is 10.7. The van der Waals surface area contributed by atoms with Crippen LogP contribution in [-0.2, 0) is 14.8 Å². The fourth-order valence-electron chi connectivity index (χ4n) is 6.26. The molecule has 0 saturated carbocycles. The zero-order chi connectivity index (χ0) is 31.6. The standard InChI is InChI=1S/C32H37Cl2N7O3S/c1-23-6-8-28(9-7-23)45(43,44)41-14-10-29-31(36-22-37-32(29)41)40(16-15-38-11-2-3-12-38)27-5-4-13-39(21-27)30(42)20-35-26-18-24(33)17-25(34)19-26/h6-10,14,17-19,22,27,35H,2-5,11-13,15-16,20-21H2,1H3. The number of amides is 1. The summed E-state index contributed by atoms with van der Waals surface area (Å²) in [5.41, 5.74) is 2.00. The van der Waals surface area contributed by atoms with Crippen LogP contribution in [0.1, 0.15) is 31.2 Å². The first-order valence-electron chi connectivity index (χ1n) is 15.3. The molecule has 4 aromatic rings. The van der Waals surface area contributed by atoms with Gasteiger partial charge in [0.1, 0.15) is 12.1 Å². The SMILES string of the molecule is Cc1ccc(S(=O)(=O)n2ccc3c(N(CCN4CCCC4)C4CCCN(C(=O)CNc5cc(Cl)cc(Cl)c5)C4)ncnc32)cc1. The van der Waals surface area contributed by atoms with Crippen LogP contribution in [0.25, 0.3) is 11.0 Å². The van der Waals surface area contributed by atoms with Gasteiger partial charge in [-0.1, -0.05) is 40.9 Å². The van der Waals surface area contributed by atoms with Crippen LogP contribution < -0.4 is 10.2 Å². The molecule has 0 bridgehead atoms. The molecule has 1 N–H and O–H groups in total. The van der Waals surface area contributed by atoms with E-state index >= 15 is 0 Å². The van der Waals surface area contributed by atoms with E-state index in [0.717, 1.165) is 38.0 Å². The first-order chi connectivity index (χ1) is 21.7. The highest BCUT2D eigenvalue weighted by molar-refractivity contribution is 7.90. The summed E-state index contributed by atoms with van der Waals surface area (Å²) in [7, 11) is -3.86. The average Bonchev–Trinajstić information content (AvgIpc) is 3.71. The van der Waals surface area contributed by atoms with Crippen molar-refractivity contribution in [2.45, 2.75) is 43.5 Å². The minimum Gasteiger partial charge on any atom is -0.376 e. The number of aryl methyl sites for hydroxylation is 1. The summed E-state index contributed by atoms with van der Waals surface area (Å²) < 4.78 is 28.5. The Hall–Kier alpha value is -3.38. The molecule has 0 radical (unpaired) electrons. The molecule has 45 heavy (non-hydrogen) atoms. The zero-order valence-corrected chi connectivity index (χ0v) is 27.5. The van der Waals surface area contributed by atoms with Crippen molar-refractivity contribution in [3.63, 3.8) is 0 Å². The van der Waals surface area contributed by atoms with Crippen molar-refractivity contribution < 1.29 is 13.2 Å². The molecular weight excluding hydrogens is 633 g/mol. The normalized spacial score (nSPS) is 17.6. The molecule has 2 fully saturated rings. The summed E-state index contributed by atoms with van der Waals surface area (Å²) >= 11 is 12.3. The number of nitrogens with zero attached hydrogens (tertiary/aromatic N) is 6. The molecule has 4 heterocycles. The maximum Gasteiger partial charge on any atom is 0.269 e. The van der Waals surface area contributed by atoms with E-state index < -0.39 is 10.0 Å². The van der Waals surface area contributed by atoms with Gasteiger partial charge >= 0.3 is 0 Å². The second kappa shape index (κ2) is 13.5. The number of hydrogen-bond donors (Lipinski definition) is 1. The molecule has 0 aliphatic carbocycles. The lowest BCUT2D eigenvalue weighted by Crippen LogP contribution is -2.52. The molecule has 238 valence electrons. The molecule has 2 aliphatic rings. The summed E-state index contributed by atoms with van der Waals surface area (Å²) in [5, 5.41) is 4.82. The van der Waals surface area contributed by atoms with Gasteiger partial charge in [0.15, 0.2) is 5.65 Å². The van der Waals surface area contributed by atoms with Gasteiger partial charge in [-0.3, -0.25) is 4.79 Å². The van der Waals surface area contributed by atoms with Gasteiger partial charge in [-0.25, -0.2) is 22.4 Å². The Bertz CT molecular complexity index is 1760. The monoisotopic (exact) mass is 669 g/mol. The highest BCUT2D eigenvalue weighted by atomic mass is 35.5. The molecule has 1 atom stereocenters. The van der Waals surface area contributed by atoms with E-state index in [2.05, 4.69) is 20.1 Å². The summed E-state index contributed by atoms with van der Waals surface area (Å²) in [6, 6.07) is 13.7. The second-order valence-corrected chi connectivity index (χ2v) is 14.4. The van der Waals surface area contributed by atoms with Crippen LogP contribution in [0.4, 0.5) is 11.5 Å². The van der Waals surface area contributed by atoms with Gasteiger partial charge in [0.2, 0.25) is 5.91 Å². The van der Waals surface area contributed by atoms with Crippen LogP contribution in [-0.4, -0.2) is 89.9 Å². The predicted octanol–water partition coefficient (Wildman–Crippen LogP) is 5.29. The van der Waals surface area contributed by atoms with Gasteiger partial charge in [-0.15, -0.1) is 0 Å². The maximum atomic E-state index is 13.6. The molecule has 0 spiro atoms. The van der Waals surface area contributed by atoms with Gasteiger partial charge in [-0.05, 0) is 82.1 Å². The lowest BCUT2D eigenvalue weighted by molar-refractivity contribution is -0.130. The molecule has 1 amide bonds. The highest BCUT2D eigenvalue weighted by Gasteiger charge is 2.31. The Balaban J connectivity index is 1.26. The minimum atomic E-state index is -3.86. The molecule has 10 nitrogen and oxygen atoms in total. The predicted molar refractivity (Wildman–Crippen MR) is 179 cm³/mol. The number of fused-ring (bicyclic) bond motifs is 1. The van der Waals surface area contributed by atoms with E-state index in [1.807, 2.05) is 11.8 Å². The molecule has 1 unspecified atom stereocenters. The van der Waals surface area contributed by atoms with Crippen molar-refractivity contribution in [3.05, 3.63) is 76.7 Å². The first-order valence-corrected chi connectivity index (χ1v) is 17.5. The lowest BCUT2D eigenvalue weighted by atomic mass is 10.0. The van der Waals surface area contributed by atoms with Crippen LogP contribution in [0.2, 0.25) is 10.0 Å². The van der Waals surface area contributed by atoms with E-state index in [-0.39, 0.29) is 23.4 Å². The Labute approximate surface area is 274 Å². The third kappa shape index (κ3) is 7.06. The van der Waals surface area contributed by atoms with Crippen LogP contribution >= 0.6 is 23.2 Å². The molecular formula is C32H37Cl2N7O3S. The Morgan fingerprint density at radius 3 is 2.47 bits per heavy atom. The van der Waals surface area contributed by atoms with Crippen molar-refractivity contribution >= 4 is 61.7 Å². The van der Waals surface area contributed by atoms with E-state index in [4.69, 9.17) is 28.2 Å². The molecule has 2 aromatic heterocycles. The van der Waals surface area contributed by atoms with Gasteiger partial charge in [0, 0.05) is 54.2 Å². The molecule has 2 aliphatic heterocycles. The number of rotatable bonds is 10. The van der Waals surface area contributed by atoms with Gasteiger partial charge in [0.25, 0.3) is 10.0 Å². The molecule has 2 saturated heterocycles. The van der Waals surface area contributed by atoms with Crippen molar-refractivity contribution in [2.24, 2.45) is 0 Å². The molecule has 6 rings (SSSR count). The second-order valence-electron chi connectivity index (χ2n) is 11.8. The summed E-state index contributed by atoms with van der Waals surface area (Å²) in [6.45, 7) is 6.92. The Kier molecular flexibility index (Phi) is 9.51. The number of halogens is 2. The number of nitrogens with one attached hydrogen (secondary N) is 1. The molecule has 2 aromatic carbocycles. The molecule has 13 heteroatoms. The number of hydrogen-bond acceptors (Lipinski definition) is 8. The quantitative estimate of drug-likeness (QED) is 0.243. The fourth-order valence-corrected chi connectivity index (χ4v) is 8.09. The van der Waals surface area contributed by atoms with E-state index in [9.17, 15) is 13.2 Å². The largest absolute Gasteiger partial charge is 0.376 e. The van der Waals surface area contributed by atoms with Crippen molar-refractivity contribution in [3.8, 4) is 0 Å². The number of anilines is 2. The highest BCUT2D eigenvalue weighted by Crippen LogP contribution is 2.31. The first kappa shape index (κ1) is 31.6. The third-order valence-electron chi connectivity index (χ3n) is 8.63. The van der Waals surface area contributed by atoms with Crippen molar-refractivity contribution in [1.29, 1.82) is 0 Å². The zero-order valence-electron chi connectivity index (χ0n) is 25.2. The van der Waals surface area contributed by atoms with Crippen LogP contribution in [0.5, 0.6) is 0 Å². The number of carbonyl (C=O) groups excluding carboxylic acids is 1. The van der Waals surface area contributed by atoms with Crippen LogP contribution in [0.15, 0.2) is 66.0 Å². The van der Waals surface area contributed by atoms with Gasteiger partial charge in [0.05, 0.1) is 16.8 Å². The van der Waals surface area contributed by atoms with Crippen LogP contribution in [0.3, 0.4) is 0 Å². The summed E-state index contributed by atoms with van der Waals surface area (Å²) in [6.07, 6.45) is 7.10. The topological polar surface area (TPSA) is 104 Å². The number of piperidine rings is 1. The summed E-state index contributed by atoms with van der Waals surface area (Å²) in [4.78, 5) is 29.3. The number of carbonyl (C=O) groups is 1. The minimum absolute atomic E-state index is 0.000993. The fraction of sp³-hybridized carbons (Fsp3) is 0.406. The smallest absolute Gasteiger partial charge is 0.269 e. The van der Waals surface area contributed by atoms with Gasteiger partial charge < -0.3 is 20.0 Å². The van der Waals surface area contributed by atoms with Crippen LogP contribution in [0, 0.1) is 6.92 Å². The average molecular weight is 671 g/mol. The lowest BCUT2D eigenvalue weighted by Gasteiger charge is -2.40. The van der Waals surface area contributed by atoms with E-state index in [1.165, 1.54) is 23.1 Å². The van der Waals surface area contributed by atoms with E-state index in [0.29, 0.717) is 52.2 Å². The number of benzene rings is 2. The maximum absolute atomic E-state index is 13.6. The number of likely N-dealkylation sites (tertiary alicyclic amines) is 2. The van der Waals surface area contributed by atoms with E-state index in [1.54, 1.807) is 54.7 Å². The summed E-state index contributed by atoms with van der Waals surface area (Å²) in [5.74, 6) is 0.668. The Morgan fingerprint density at radius 1 is 1.00 bits per heavy atom. The van der Waals surface area contributed by atoms with Crippen molar-refractivity contribution in [2.75, 3.05) is 56.0 Å². The van der Waals surface area contributed by atoms with Gasteiger partial charge in [-0.2, -0.15) is 0 Å². The van der Waals surface area contributed by atoms with Crippen molar-refractivity contribution in [1.82, 2.24) is 23.7 Å². The Morgan fingerprint density at radius 2 is 1.73 bits per heavy atom.